The molecule has 0 unspecified atom stereocenters. The van der Waals surface area contributed by atoms with Crippen molar-refractivity contribution in [2.24, 2.45) is 5.84 Å². The fourth-order valence-electron chi connectivity index (χ4n) is 1.71. The van der Waals surface area contributed by atoms with E-state index in [2.05, 4.69) is 30.3 Å². The number of nitrogens with two attached hydrogens (primary N) is 1. The van der Waals surface area contributed by atoms with E-state index in [1.165, 1.54) is 0 Å². The van der Waals surface area contributed by atoms with Crippen LogP contribution < -0.4 is 11.3 Å². The highest BCUT2D eigenvalue weighted by Gasteiger charge is 2.09. The molecule has 0 radical (unpaired) electrons. The first-order valence-electron chi connectivity index (χ1n) is 5.18. The van der Waals surface area contributed by atoms with Gasteiger partial charge in [0.05, 0.1) is 5.52 Å². The van der Waals surface area contributed by atoms with Gasteiger partial charge in [0.25, 0.3) is 0 Å². The summed E-state index contributed by atoms with van der Waals surface area (Å²) in [6.07, 6.45) is 0. The Morgan fingerprint density at radius 3 is 2.69 bits per heavy atom. The highest BCUT2D eigenvalue weighted by Crippen LogP contribution is 2.27. The highest BCUT2D eigenvalue weighted by atomic mass is 35.5. The third-order valence-electron chi connectivity index (χ3n) is 2.57. The molecule has 0 aliphatic carbocycles. The van der Waals surface area contributed by atoms with Crippen molar-refractivity contribution in [3.8, 4) is 0 Å². The summed E-state index contributed by atoms with van der Waals surface area (Å²) in [6.45, 7) is 4.22. The molecule has 84 valence electrons. The minimum absolute atomic E-state index is 0.374. The summed E-state index contributed by atoms with van der Waals surface area (Å²) in [5.74, 6) is 6.56. The Morgan fingerprint density at radius 2 is 2.06 bits per heavy atom. The Morgan fingerprint density at radius 1 is 1.31 bits per heavy atom. The maximum atomic E-state index is 5.92. The Labute approximate surface area is 99.6 Å². The monoisotopic (exact) mass is 235 g/mol. The molecule has 3 nitrogen and oxygen atoms in total. The van der Waals surface area contributed by atoms with Gasteiger partial charge in [-0.2, -0.15) is 0 Å². The molecule has 1 aromatic heterocycles. The maximum absolute atomic E-state index is 5.92. The number of anilines is 1. The van der Waals surface area contributed by atoms with Crippen molar-refractivity contribution >= 4 is 28.3 Å². The molecule has 0 amide bonds. The molecule has 0 saturated carbocycles. The Hall–Kier alpha value is -1.32. The van der Waals surface area contributed by atoms with E-state index >= 15 is 0 Å². The fraction of sp³-hybridized carbons (Fsp3) is 0.250. The Balaban J connectivity index is 2.70. The lowest BCUT2D eigenvalue weighted by atomic mass is 10.0. The van der Waals surface area contributed by atoms with Gasteiger partial charge < -0.3 is 5.43 Å². The summed E-state index contributed by atoms with van der Waals surface area (Å²) in [6, 6.07) is 7.77. The number of nitrogens with zero attached hydrogens (tertiary/aromatic N) is 1. The lowest BCUT2D eigenvalue weighted by Gasteiger charge is -2.12. The zero-order valence-corrected chi connectivity index (χ0v) is 10.0. The second-order valence-corrected chi connectivity index (χ2v) is 4.50. The number of hydrazine groups is 1. The zero-order chi connectivity index (χ0) is 11.7. The van der Waals surface area contributed by atoms with Crippen LogP contribution in [0.3, 0.4) is 0 Å². The third kappa shape index (κ3) is 1.96. The van der Waals surface area contributed by atoms with Crippen molar-refractivity contribution in [2.45, 2.75) is 19.8 Å². The van der Waals surface area contributed by atoms with Crippen LogP contribution in [0, 0.1) is 0 Å². The number of pyridine rings is 1. The standard InChI is InChI=1S/C12H14ClN3/c1-7(2)10-5-8-3-4-9(13)6-11(8)15-12(10)16-14/h3-7H,14H2,1-2H3,(H,15,16). The molecule has 0 aliphatic heterocycles. The quantitative estimate of drug-likeness (QED) is 0.620. The lowest BCUT2D eigenvalue weighted by molar-refractivity contribution is 0.862. The number of rotatable bonds is 2. The van der Waals surface area contributed by atoms with Gasteiger partial charge in [0.1, 0.15) is 5.82 Å². The van der Waals surface area contributed by atoms with Crippen molar-refractivity contribution in [2.75, 3.05) is 5.43 Å². The van der Waals surface area contributed by atoms with Gasteiger partial charge in [0, 0.05) is 10.4 Å². The zero-order valence-electron chi connectivity index (χ0n) is 9.29. The van der Waals surface area contributed by atoms with Crippen LogP contribution in [0.25, 0.3) is 10.9 Å². The largest absolute Gasteiger partial charge is 0.308 e. The van der Waals surface area contributed by atoms with Gasteiger partial charge >= 0.3 is 0 Å². The van der Waals surface area contributed by atoms with Gasteiger partial charge in [-0.05, 0) is 29.7 Å². The molecule has 2 rings (SSSR count). The van der Waals surface area contributed by atoms with E-state index in [4.69, 9.17) is 17.4 Å². The van der Waals surface area contributed by atoms with Crippen LogP contribution in [-0.4, -0.2) is 4.98 Å². The summed E-state index contributed by atoms with van der Waals surface area (Å²) in [4.78, 5) is 4.46. The van der Waals surface area contributed by atoms with Crippen LogP contribution >= 0.6 is 11.6 Å². The lowest BCUT2D eigenvalue weighted by Crippen LogP contribution is -2.11. The summed E-state index contributed by atoms with van der Waals surface area (Å²) >= 11 is 5.92. The molecule has 0 spiro atoms. The molecular weight excluding hydrogens is 222 g/mol. The number of nitrogens with one attached hydrogen (secondary N) is 1. The second kappa shape index (κ2) is 4.28. The van der Waals surface area contributed by atoms with Gasteiger partial charge in [-0.1, -0.05) is 31.5 Å². The van der Waals surface area contributed by atoms with Gasteiger partial charge in [0.15, 0.2) is 0 Å². The molecule has 0 bridgehead atoms. The number of benzene rings is 1. The molecule has 1 heterocycles. The number of fused-ring (bicyclic) bond motifs is 1. The third-order valence-corrected chi connectivity index (χ3v) is 2.80. The number of hydrogen-bond donors (Lipinski definition) is 2. The number of nitrogen functional groups attached to an aromatic ring is 1. The second-order valence-electron chi connectivity index (χ2n) is 4.06. The van der Waals surface area contributed by atoms with Gasteiger partial charge in [0.2, 0.25) is 0 Å². The van der Waals surface area contributed by atoms with Crippen LogP contribution in [-0.2, 0) is 0 Å². The average molecular weight is 236 g/mol. The van der Waals surface area contributed by atoms with E-state index in [1.807, 2.05) is 18.2 Å². The van der Waals surface area contributed by atoms with Crippen LogP contribution in [0.4, 0.5) is 5.82 Å². The van der Waals surface area contributed by atoms with Crippen molar-refractivity contribution in [1.82, 2.24) is 4.98 Å². The predicted octanol–water partition coefficient (Wildman–Crippen LogP) is 3.30. The van der Waals surface area contributed by atoms with E-state index < -0.39 is 0 Å². The fourth-order valence-corrected chi connectivity index (χ4v) is 1.88. The van der Waals surface area contributed by atoms with E-state index in [0.29, 0.717) is 16.8 Å². The van der Waals surface area contributed by atoms with Crippen LogP contribution in [0.2, 0.25) is 5.02 Å². The first-order chi connectivity index (χ1) is 7.61. The Kier molecular flexibility index (Phi) is 2.99. The molecule has 0 atom stereocenters. The molecule has 0 aliphatic rings. The minimum Gasteiger partial charge on any atom is -0.308 e. The molecule has 4 heteroatoms. The van der Waals surface area contributed by atoms with Gasteiger partial charge in [-0.25, -0.2) is 10.8 Å². The molecule has 3 N–H and O–H groups in total. The summed E-state index contributed by atoms with van der Waals surface area (Å²) in [5, 5.41) is 1.76. The van der Waals surface area contributed by atoms with Crippen LogP contribution in [0.15, 0.2) is 24.3 Å². The predicted molar refractivity (Wildman–Crippen MR) is 68.7 cm³/mol. The molecular formula is C12H14ClN3. The molecule has 0 fully saturated rings. The molecule has 1 aromatic carbocycles. The topological polar surface area (TPSA) is 50.9 Å². The Bertz CT molecular complexity index is 523. The van der Waals surface area contributed by atoms with Crippen molar-refractivity contribution in [1.29, 1.82) is 0 Å². The smallest absolute Gasteiger partial charge is 0.144 e. The first-order valence-corrected chi connectivity index (χ1v) is 5.56. The maximum Gasteiger partial charge on any atom is 0.144 e. The van der Waals surface area contributed by atoms with Crippen LogP contribution in [0.1, 0.15) is 25.3 Å². The molecule has 16 heavy (non-hydrogen) atoms. The summed E-state index contributed by atoms with van der Waals surface area (Å²) < 4.78 is 0. The summed E-state index contributed by atoms with van der Waals surface area (Å²) in [7, 11) is 0. The van der Waals surface area contributed by atoms with E-state index in [9.17, 15) is 0 Å². The van der Waals surface area contributed by atoms with E-state index in [1.54, 1.807) is 0 Å². The van der Waals surface area contributed by atoms with E-state index in [-0.39, 0.29) is 0 Å². The number of hydrogen-bond acceptors (Lipinski definition) is 3. The average Bonchev–Trinajstić information content (AvgIpc) is 2.26. The normalized spacial score (nSPS) is 11.1. The minimum atomic E-state index is 0.374. The van der Waals surface area contributed by atoms with Crippen molar-refractivity contribution < 1.29 is 0 Å². The summed E-state index contributed by atoms with van der Waals surface area (Å²) in [5.41, 5.74) is 4.59. The highest BCUT2D eigenvalue weighted by molar-refractivity contribution is 6.31. The number of halogens is 1. The van der Waals surface area contributed by atoms with Crippen molar-refractivity contribution in [3.05, 3.63) is 34.9 Å². The molecule has 0 saturated heterocycles. The molecule has 2 aromatic rings. The van der Waals surface area contributed by atoms with Crippen molar-refractivity contribution in [3.63, 3.8) is 0 Å². The van der Waals surface area contributed by atoms with E-state index in [0.717, 1.165) is 16.5 Å². The van der Waals surface area contributed by atoms with Gasteiger partial charge in [-0.15, -0.1) is 0 Å². The SMILES string of the molecule is CC(C)c1cc2ccc(Cl)cc2nc1NN. The first kappa shape index (κ1) is 11.2. The number of aromatic nitrogens is 1. The van der Waals surface area contributed by atoms with Gasteiger partial charge in [-0.3, -0.25) is 0 Å². The van der Waals surface area contributed by atoms with Crippen LogP contribution in [0.5, 0.6) is 0 Å².